The first kappa shape index (κ1) is 12.5. The number of carbonyl (C=O) groups is 1. The molecular weight excluding hydrogens is 262 g/mol. The fourth-order valence-electron chi connectivity index (χ4n) is 2.11. The molecule has 1 aliphatic heterocycles. The summed E-state index contributed by atoms with van der Waals surface area (Å²) in [6.45, 7) is 4.00. The zero-order valence-corrected chi connectivity index (χ0v) is 11.0. The predicted octanol–water partition coefficient (Wildman–Crippen LogP) is 1.95. The molecule has 1 aliphatic rings. The van der Waals surface area contributed by atoms with E-state index in [0.717, 1.165) is 0 Å². The molecule has 0 amide bonds. The van der Waals surface area contributed by atoms with Crippen LogP contribution in [0.5, 0.6) is 11.5 Å². The molecule has 0 radical (unpaired) electrons. The molecule has 0 fully saturated rings. The normalized spacial score (nSPS) is 12.9. The monoisotopic (exact) mass is 275 g/mol. The molecular formula is C13H13N3O4. The zero-order chi connectivity index (χ0) is 14.3. The molecule has 1 aromatic heterocycles. The van der Waals surface area contributed by atoms with Gasteiger partial charge in [-0.25, -0.2) is 9.48 Å². The van der Waals surface area contributed by atoms with Crippen LogP contribution in [-0.2, 0) is 0 Å². The van der Waals surface area contributed by atoms with E-state index in [2.05, 4.69) is 10.3 Å². The largest absolute Gasteiger partial charge is 0.476 e. The predicted molar refractivity (Wildman–Crippen MR) is 68.9 cm³/mol. The molecule has 0 spiro atoms. The Labute approximate surface area is 114 Å². The summed E-state index contributed by atoms with van der Waals surface area (Å²) in [5.41, 5.74) is 1.08. The Bertz CT molecular complexity index is 678. The van der Waals surface area contributed by atoms with Crippen LogP contribution in [-0.4, -0.2) is 32.9 Å². The quantitative estimate of drug-likeness (QED) is 0.921. The Kier molecular flexibility index (Phi) is 2.81. The standard InChI is InChI=1S/C13H13N3O4/c1-7(2)16-12(11(13(17)18)14-15-16)8-3-4-9-10(5-8)20-6-19-9/h3-5,7H,6H2,1-2H3,(H,17,18). The van der Waals surface area contributed by atoms with Crippen LogP contribution >= 0.6 is 0 Å². The van der Waals surface area contributed by atoms with Gasteiger partial charge in [-0.15, -0.1) is 5.10 Å². The molecule has 0 saturated heterocycles. The van der Waals surface area contributed by atoms with Crippen LogP contribution in [0.1, 0.15) is 30.4 Å². The Morgan fingerprint density at radius 2 is 2.10 bits per heavy atom. The topological polar surface area (TPSA) is 86.5 Å². The van der Waals surface area contributed by atoms with E-state index in [4.69, 9.17) is 9.47 Å². The molecule has 0 saturated carbocycles. The van der Waals surface area contributed by atoms with Gasteiger partial charge >= 0.3 is 5.97 Å². The van der Waals surface area contributed by atoms with Crippen LogP contribution in [0.2, 0.25) is 0 Å². The minimum atomic E-state index is -1.11. The van der Waals surface area contributed by atoms with Crippen LogP contribution in [0.25, 0.3) is 11.3 Å². The Morgan fingerprint density at radius 3 is 2.80 bits per heavy atom. The average Bonchev–Trinajstić information content (AvgIpc) is 3.04. The fraction of sp³-hybridized carbons (Fsp3) is 0.308. The number of ether oxygens (including phenoxy) is 2. The Hall–Kier alpha value is -2.57. The molecule has 2 aromatic rings. The summed E-state index contributed by atoms with van der Waals surface area (Å²) in [7, 11) is 0. The summed E-state index contributed by atoms with van der Waals surface area (Å²) in [6.07, 6.45) is 0. The smallest absolute Gasteiger partial charge is 0.358 e. The van der Waals surface area contributed by atoms with Gasteiger partial charge in [-0.2, -0.15) is 0 Å². The van der Waals surface area contributed by atoms with E-state index in [1.54, 1.807) is 22.9 Å². The molecule has 3 rings (SSSR count). The van der Waals surface area contributed by atoms with Gasteiger partial charge in [0, 0.05) is 11.6 Å². The van der Waals surface area contributed by atoms with Gasteiger partial charge in [-0.3, -0.25) is 0 Å². The third-order valence-electron chi connectivity index (χ3n) is 3.03. The van der Waals surface area contributed by atoms with Gasteiger partial charge in [-0.05, 0) is 32.0 Å². The van der Waals surface area contributed by atoms with Crippen molar-refractivity contribution in [3.63, 3.8) is 0 Å². The Morgan fingerprint density at radius 1 is 1.35 bits per heavy atom. The lowest BCUT2D eigenvalue weighted by Crippen LogP contribution is -2.07. The first-order valence-corrected chi connectivity index (χ1v) is 6.16. The van der Waals surface area contributed by atoms with Gasteiger partial charge in [0.2, 0.25) is 6.79 Å². The van der Waals surface area contributed by atoms with Gasteiger partial charge in [-0.1, -0.05) is 5.21 Å². The number of hydrogen-bond acceptors (Lipinski definition) is 5. The molecule has 20 heavy (non-hydrogen) atoms. The number of aromatic nitrogens is 3. The second-order valence-corrected chi connectivity index (χ2v) is 4.70. The second-order valence-electron chi connectivity index (χ2n) is 4.70. The van der Waals surface area contributed by atoms with E-state index in [-0.39, 0.29) is 18.5 Å². The molecule has 1 aromatic carbocycles. The molecule has 104 valence electrons. The molecule has 7 nitrogen and oxygen atoms in total. The average molecular weight is 275 g/mol. The van der Waals surface area contributed by atoms with E-state index < -0.39 is 5.97 Å². The van der Waals surface area contributed by atoms with Crippen molar-refractivity contribution < 1.29 is 19.4 Å². The number of nitrogens with zero attached hydrogens (tertiary/aromatic N) is 3. The molecule has 0 aliphatic carbocycles. The summed E-state index contributed by atoms with van der Waals surface area (Å²) in [5.74, 6) is 0.133. The number of carboxylic acids is 1. The van der Waals surface area contributed by atoms with Crippen LogP contribution < -0.4 is 9.47 Å². The van der Waals surface area contributed by atoms with Gasteiger partial charge in [0.05, 0.1) is 0 Å². The van der Waals surface area contributed by atoms with Gasteiger partial charge < -0.3 is 14.6 Å². The number of hydrogen-bond donors (Lipinski definition) is 1. The van der Waals surface area contributed by atoms with E-state index in [0.29, 0.717) is 22.8 Å². The van der Waals surface area contributed by atoms with Crippen LogP contribution in [0.15, 0.2) is 18.2 Å². The highest BCUT2D eigenvalue weighted by Gasteiger charge is 2.24. The van der Waals surface area contributed by atoms with Crippen molar-refractivity contribution >= 4 is 5.97 Å². The minimum Gasteiger partial charge on any atom is -0.476 e. The van der Waals surface area contributed by atoms with Crippen molar-refractivity contribution in [3.8, 4) is 22.8 Å². The second kappa shape index (κ2) is 4.52. The number of aromatic carboxylic acids is 1. The Balaban J connectivity index is 2.17. The van der Waals surface area contributed by atoms with Gasteiger partial charge in [0.15, 0.2) is 17.2 Å². The lowest BCUT2D eigenvalue weighted by molar-refractivity contribution is 0.0691. The third kappa shape index (κ3) is 1.87. The minimum absolute atomic E-state index is 0.00368. The first-order chi connectivity index (χ1) is 9.58. The number of rotatable bonds is 3. The van der Waals surface area contributed by atoms with Crippen molar-refractivity contribution in [1.29, 1.82) is 0 Å². The number of benzene rings is 1. The molecule has 2 heterocycles. The molecule has 0 bridgehead atoms. The SMILES string of the molecule is CC(C)n1nnc(C(=O)O)c1-c1ccc2c(c1)OCO2. The maximum atomic E-state index is 11.3. The highest BCUT2D eigenvalue weighted by molar-refractivity contribution is 5.92. The third-order valence-corrected chi connectivity index (χ3v) is 3.03. The van der Waals surface area contributed by atoms with Crippen LogP contribution in [0.3, 0.4) is 0 Å². The zero-order valence-electron chi connectivity index (χ0n) is 11.0. The van der Waals surface area contributed by atoms with Crippen molar-refractivity contribution in [2.45, 2.75) is 19.9 Å². The van der Waals surface area contributed by atoms with E-state index in [1.165, 1.54) is 0 Å². The molecule has 0 atom stereocenters. The maximum Gasteiger partial charge on any atom is 0.358 e. The van der Waals surface area contributed by atoms with Crippen molar-refractivity contribution in [1.82, 2.24) is 15.0 Å². The van der Waals surface area contributed by atoms with E-state index in [9.17, 15) is 9.90 Å². The van der Waals surface area contributed by atoms with Crippen molar-refractivity contribution in [3.05, 3.63) is 23.9 Å². The summed E-state index contributed by atoms with van der Waals surface area (Å²) in [5, 5.41) is 16.9. The number of fused-ring (bicyclic) bond motifs is 1. The van der Waals surface area contributed by atoms with E-state index in [1.807, 2.05) is 13.8 Å². The van der Waals surface area contributed by atoms with Crippen molar-refractivity contribution in [2.24, 2.45) is 0 Å². The van der Waals surface area contributed by atoms with Crippen LogP contribution in [0, 0.1) is 0 Å². The summed E-state index contributed by atoms with van der Waals surface area (Å²) < 4.78 is 12.2. The lowest BCUT2D eigenvalue weighted by atomic mass is 10.1. The summed E-state index contributed by atoms with van der Waals surface area (Å²) in [4.78, 5) is 11.3. The van der Waals surface area contributed by atoms with Crippen LogP contribution in [0.4, 0.5) is 0 Å². The highest BCUT2D eigenvalue weighted by atomic mass is 16.7. The summed E-state index contributed by atoms with van der Waals surface area (Å²) in [6, 6.07) is 5.27. The van der Waals surface area contributed by atoms with Gasteiger partial charge in [0.1, 0.15) is 5.69 Å². The highest BCUT2D eigenvalue weighted by Crippen LogP contribution is 2.37. The first-order valence-electron chi connectivity index (χ1n) is 6.16. The molecule has 0 unspecified atom stereocenters. The lowest BCUT2D eigenvalue weighted by Gasteiger charge is -2.10. The van der Waals surface area contributed by atoms with Gasteiger partial charge in [0.25, 0.3) is 0 Å². The summed E-state index contributed by atoms with van der Waals surface area (Å²) >= 11 is 0. The van der Waals surface area contributed by atoms with Crippen molar-refractivity contribution in [2.75, 3.05) is 6.79 Å². The molecule has 7 heteroatoms. The fourth-order valence-corrected chi connectivity index (χ4v) is 2.11. The number of carboxylic acid groups (broad SMARTS) is 1. The molecule has 1 N–H and O–H groups in total. The van der Waals surface area contributed by atoms with E-state index >= 15 is 0 Å². The maximum absolute atomic E-state index is 11.3.